The average molecular weight is 328 g/mol. The van der Waals surface area contributed by atoms with Gasteiger partial charge in [-0.2, -0.15) is 0 Å². The third-order valence-corrected chi connectivity index (χ3v) is 4.85. The highest BCUT2D eigenvalue weighted by Gasteiger charge is 2.35. The maximum atomic E-state index is 6.59. The number of benzene rings is 1. The SMILES string of the molecule is CCCC1(O[C@H](CCNC)c2ccccc2)CC=CS1.Cl. The van der Waals surface area contributed by atoms with Gasteiger partial charge in [-0.15, -0.1) is 12.4 Å². The van der Waals surface area contributed by atoms with Crippen LogP contribution in [0, 0.1) is 0 Å². The molecule has 1 aromatic carbocycles. The molecule has 2 nitrogen and oxygen atoms in total. The average Bonchev–Trinajstić information content (AvgIpc) is 2.93. The van der Waals surface area contributed by atoms with Crippen LogP contribution in [0.2, 0.25) is 0 Å². The summed E-state index contributed by atoms with van der Waals surface area (Å²) in [6.45, 7) is 3.20. The molecule has 1 N–H and O–H groups in total. The van der Waals surface area contributed by atoms with E-state index in [-0.39, 0.29) is 23.4 Å². The maximum Gasteiger partial charge on any atom is 0.121 e. The molecular weight excluding hydrogens is 302 g/mol. The van der Waals surface area contributed by atoms with E-state index in [4.69, 9.17) is 4.74 Å². The molecule has 21 heavy (non-hydrogen) atoms. The molecule has 1 heterocycles. The lowest BCUT2D eigenvalue weighted by atomic mass is 10.0. The summed E-state index contributed by atoms with van der Waals surface area (Å²) in [6, 6.07) is 10.6. The van der Waals surface area contributed by atoms with Crippen LogP contribution in [0.25, 0.3) is 0 Å². The van der Waals surface area contributed by atoms with Gasteiger partial charge >= 0.3 is 0 Å². The monoisotopic (exact) mass is 327 g/mol. The molecule has 0 fully saturated rings. The summed E-state index contributed by atoms with van der Waals surface area (Å²) in [7, 11) is 2.00. The van der Waals surface area contributed by atoms with E-state index in [1.807, 2.05) is 18.8 Å². The molecule has 0 spiro atoms. The van der Waals surface area contributed by atoms with E-state index in [2.05, 4.69) is 54.1 Å². The largest absolute Gasteiger partial charge is 0.356 e. The van der Waals surface area contributed by atoms with Gasteiger partial charge in [0.05, 0.1) is 6.10 Å². The van der Waals surface area contributed by atoms with Crippen molar-refractivity contribution in [3.63, 3.8) is 0 Å². The van der Waals surface area contributed by atoms with Gasteiger partial charge in [0.1, 0.15) is 4.93 Å². The summed E-state index contributed by atoms with van der Waals surface area (Å²) < 4.78 is 6.59. The van der Waals surface area contributed by atoms with Crippen LogP contribution < -0.4 is 5.32 Å². The molecule has 1 aromatic rings. The van der Waals surface area contributed by atoms with E-state index in [1.54, 1.807) is 0 Å². The molecule has 4 heteroatoms. The third kappa shape index (κ3) is 5.33. The lowest BCUT2D eigenvalue weighted by Crippen LogP contribution is -2.29. The number of thioether (sulfide) groups is 1. The minimum atomic E-state index is -0.0526. The zero-order valence-corrected chi connectivity index (χ0v) is 14.5. The van der Waals surface area contributed by atoms with Crippen LogP contribution in [0.3, 0.4) is 0 Å². The molecule has 2 atom stereocenters. The highest BCUT2D eigenvalue weighted by Crippen LogP contribution is 2.45. The smallest absolute Gasteiger partial charge is 0.121 e. The van der Waals surface area contributed by atoms with Gasteiger partial charge < -0.3 is 10.1 Å². The number of halogens is 1. The fraction of sp³-hybridized carbons (Fsp3) is 0.529. The van der Waals surface area contributed by atoms with Crippen LogP contribution in [0.1, 0.15) is 44.3 Å². The molecular formula is C17H26ClNOS. The molecule has 0 saturated heterocycles. The van der Waals surface area contributed by atoms with Gasteiger partial charge in [-0.05, 0) is 37.4 Å². The Bertz CT molecular complexity index is 416. The molecule has 118 valence electrons. The fourth-order valence-corrected chi connectivity index (χ4v) is 3.75. The van der Waals surface area contributed by atoms with Crippen LogP contribution in [0.5, 0.6) is 0 Å². The van der Waals surface area contributed by atoms with Crippen molar-refractivity contribution in [1.29, 1.82) is 0 Å². The van der Waals surface area contributed by atoms with E-state index in [9.17, 15) is 0 Å². The number of nitrogens with one attached hydrogen (secondary N) is 1. The summed E-state index contributed by atoms with van der Waals surface area (Å²) in [6.07, 6.45) is 6.69. The van der Waals surface area contributed by atoms with E-state index >= 15 is 0 Å². The van der Waals surface area contributed by atoms with Gasteiger partial charge in [-0.25, -0.2) is 0 Å². The standard InChI is InChI=1S/C17H25NOS.ClH/c1-3-11-17(12-7-14-20-17)19-16(10-13-18-2)15-8-5-4-6-9-15;/h4-9,14,16,18H,3,10-13H2,1-2H3;1H/t16-,17?;/m1./s1. The highest BCUT2D eigenvalue weighted by molar-refractivity contribution is 8.03. The lowest BCUT2D eigenvalue weighted by molar-refractivity contribution is -0.0417. The van der Waals surface area contributed by atoms with Crippen LogP contribution >= 0.6 is 24.2 Å². The Balaban J connectivity index is 0.00000220. The molecule has 1 aliphatic heterocycles. The molecule has 0 bridgehead atoms. The Labute approximate surface area is 139 Å². The van der Waals surface area contributed by atoms with Gasteiger partial charge in [-0.1, -0.05) is 61.5 Å². The van der Waals surface area contributed by atoms with E-state index in [0.29, 0.717) is 0 Å². The first-order valence-electron chi connectivity index (χ1n) is 7.50. The fourth-order valence-electron chi connectivity index (χ4n) is 2.62. The topological polar surface area (TPSA) is 21.3 Å². The van der Waals surface area contributed by atoms with Crippen molar-refractivity contribution in [2.24, 2.45) is 0 Å². The molecule has 0 aromatic heterocycles. The quantitative estimate of drug-likeness (QED) is 0.732. The molecule has 0 amide bonds. The van der Waals surface area contributed by atoms with Crippen molar-refractivity contribution in [3.8, 4) is 0 Å². The van der Waals surface area contributed by atoms with Crippen LogP contribution in [0.4, 0.5) is 0 Å². The summed E-state index contributed by atoms with van der Waals surface area (Å²) in [5, 5.41) is 5.43. The predicted molar refractivity (Wildman–Crippen MR) is 95.0 cm³/mol. The van der Waals surface area contributed by atoms with Crippen molar-refractivity contribution in [2.75, 3.05) is 13.6 Å². The number of rotatable bonds is 8. The van der Waals surface area contributed by atoms with Gasteiger partial charge in [-0.3, -0.25) is 0 Å². The summed E-state index contributed by atoms with van der Waals surface area (Å²) in [4.78, 5) is -0.0526. The van der Waals surface area contributed by atoms with Crippen molar-refractivity contribution in [2.45, 2.75) is 43.6 Å². The van der Waals surface area contributed by atoms with Crippen molar-refractivity contribution < 1.29 is 4.74 Å². The van der Waals surface area contributed by atoms with Crippen molar-refractivity contribution in [1.82, 2.24) is 5.32 Å². The zero-order chi connectivity index (χ0) is 14.3. The van der Waals surface area contributed by atoms with Crippen LogP contribution in [-0.4, -0.2) is 18.5 Å². The first-order chi connectivity index (χ1) is 9.79. The highest BCUT2D eigenvalue weighted by atomic mass is 35.5. The Morgan fingerprint density at radius 1 is 1.33 bits per heavy atom. The lowest BCUT2D eigenvalue weighted by Gasteiger charge is -2.33. The second-order valence-corrected chi connectivity index (χ2v) is 6.52. The van der Waals surface area contributed by atoms with Gasteiger partial charge in [0.2, 0.25) is 0 Å². The Kier molecular flexibility index (Phi) is 8.42. The summed E-state index contributed by atoms with van der Waals surface area (Å²) in [5.74, 6) is 0. The van der Waals surface area contributed by atoms with E-state index in [1.165, 1.54) is 5.56 Å². The zero-order valence-electron chi connectivity index (χ0n) is 12.9. The molecule has 1 aliphatic rings. The molecule has 1 unspecified atom stereocenters. The maximum absolute atomic E-state index is 6.59. The molecule has 0 saturated carbocycles. The van der Waals surface area contributed by atoms with Crippen LogP contribution in [0.15, 0.2) is 41.8 Å². The second kappa shape index (κ2) is 9.52. The first-order valence-corrected chi connectivity index (χ1v) is 8.38. The molecule has 0 aliphatic carbocycles. The van der Waals surface area contributed by atoms with Gasteiger partial charge in [0.25, 0.3) is 0 Å². The van der Waals surface area contributed by atoms with E-state index in [0.717, 1.165) is 32.2 Å². The Morgan fingerprint density at radius 3 is 2.67 bits per heavy atom. The van der Waals surface area contributed by atoms with E-state index < -0.39 is 0 Å². The summed E-state index contributed by atoms with van der Waals surface area (Å²) >= 11 is 1.85. The normalized spacial score (nSPS) is 22.0. The van der Waals surface area contributed by atoms with Crippen molar-refractivity contribution >= 4 is 24.2 Å². The Morgan fingerprint density at radius 2 is 2.10 bits per heavy atom. The minimum absolute atomic E-state index is 0. The minimum Gasteiger partial charge on any atom is -0.356 e. The number of hydrogen-bond donors (Lipinski definition) is 1. The van der Waals surface area contributed by atoms with Gasteiger partial charge in [0, 0.05) is 6.42 Å². The number of hydrogen-bond acceptors (Lipinski definition) is 3. The molecule has 0 radical (unpaired) electrons. The molecule has 2 rings (SSSR count). The third-order valence-electron chi connectivity index (χ3n) is 3.62. The first kappa shape index (κ1) is 18.6. The summed E-state index contributed by atoms with van der Waals surface area (Å²) in [5.41, 5.74) is 1.28. The predicted octanol–water partition coefficient (Wildman–Crippen LogP) is 4.92. The number of ether oxygens (including phenoxy) is 1. The van der Waals surface area contributed by atoms with Crippen LogP contribution in [-0.2, 0) is 4.74 Å². The van der Waals surface area contributed by atoms with Crippen molar-refractivity contribution in [3.05, 3.63) is 47.4 Å². The van der Waals surface area contributed by atoms with Gasteiger partial charge in [0.15, 0.2) is 0 Å². The second-order valence-electron chi connectivity index (χ2n) is 5.26. The Hall–Kier alpha value is -0.480.